The maximum atomic E-state index is 12.5. The van der Waals surface area contributed by atoms with E-state index in [1.54, 1.807) is 39.9 Å². The minimum atomic E-state index is -0.233. The Hall–Kier alpha value is -4.51. The normalized spacial score (nSPS) is 10.5. The van der Waals surface area contributed by atoms with E-state index in [0.717, 1.165) is 16.6 Å². The van der Waals surface area contributed by atoms with Gasteiger partial charge < -0.3 is 4.98 Å². The molecule has 8 nitrogen and oxygen atoms in total. The number of fused-ring (bicyclic) bond motifs is 2. The number of aromatic amines is 1. The van der Waals surface area contributed by atoms with Crippen molar-refractivity contribution in [3.8, 4) is 12.0 Å². The lowest BCUT2D eigenvalue weighted by Crippen LogP contribution is -2.18. The van der Waals surface area contributed by atoms with E-state index in [1.807, 2.05) is 44.2 Å². The highest BCUT2D eigenvalue weighted by Crippen LogP contribution is 2.19. The van der Waals surface area contributed by atoms with Gasteiger partial charge in [0.2, 0.25) is 5.95 Å². The van der Waals surface area contributed by atoms with Gasteiger partial charge in [-0.2, -0.15) is 10.2 Å². The average Bonchev–Trinajstić information content (AvgIpc) is 3.35. The third kappa shape index (κ3) is 3.79. The van der Waals surface area contributed by atoms with Crippen LogP contribution in [-0.2, 0) is 6.54 Å². The zero-order valence-corrected chi connectivity index (χ0v) is 17.8. The molecule has 0 aliphatic rings. The van der Waals surface area contributed by atoms with Gasteiger partial charge in [0.15, 0.2) is 5.65 Å². The van der Waals surface area contributed by atoms with Crippen molar-refractivity contribution >= 4 is 22.2 Å². The Bertz CT molecular complexity index is 1530. The number of nitriles is 1. The van der Waals surface area contributed by atoms with Crippen LogP contribution in [0.5, 0.6) is 0 Å². The third-order valence-corrected chi connectivity index (χ3v) is 4.98. The Morgan fingerprint density at radius 2 is 2.00 bits per heavy atom. The largest absolute Gasteiger partial charge is 0.328 e. The number of hydrogen-bond donors (Lipinski definition) is 1. The van der Waals surface area contributed by atoms with E-state index >= 15 is 0 Å². The Balaban J connectivity index is 0.000000775. The lowest BCUT2D eigenvalue weighted by atomic mass is 10.1. The second kappa shape index (κ2) is 8.70. The average molecular weight is 423 g/mol. The first kappa shape index (κ1) is 20.8. The van der Waals surface area contributed by atoms with E-state index in [-0.39, 0.29) is 5.69 Å². The summed E-state index contributed by atoms with van der Waals surface area (Å²) in [6.45, 7) is 7.68. The maximum absolute atomic E-state index is 12.5. The molecule has 32 heavy (non-hydrogen) atoms. The first-order valence-corrected chi connectivity index (χ1v) is 10.0. The number of nitrogens with zero attached hydrogens (tertiary/aromatic N) is 6. The van der Waals surface area contributed by atoms with Crippen LogP contribution in [0.15, 0.2) is 72.4 Å². The molecule has 0 fully saturated rings. The Kier molecular flexibility index (Phi) is 5.64. The summed E-state index contributed by atoms with van der Waals surface area (Å²) in [4.78, 5) is 28.7. The molecule has 0 radical (unpaired) electrons. The molecule has 0 bridgehead atoms. The molecule has 0 unspecified atom stereocenters. The van der Waals surface area contributed by atoms with Gasteiger partial charge in [-0.05, 0) is 43.2 Å². The van der Waals surface area contributed by atoms with Crippen molar-refractivity contribution in [2.24, 2.45) is 0 Å². The number of nitrogens with one attached hydrogen (secondary N) is 1. The quantitative estimate of drug-likeness (QED) is 0.443. The van der Waals surface area contributed by atoms with Crippen LogP contribution in [0.3, 0.4) is 0 Å². The fourth-order valence-corrected chi connectivity index (χ4v) is 3.40. The van der Waals surface area contributed by atoms with Crippen LogP contribution in [0.4, 0.5) is 0 Å². The molecule has 0 amide bonds. The summed E-state index contributed by atoms with van der Waals surface area (Å²) >= 11 is 0. The van der Waals surface area contributed by atoms with Crippen LogP contribution in [0.1, 0.15) is 23.6 Å². The molecule has 0 atom stereocenters. The number of aryl methyl sites for hydroxylation is 1. The van der Waals surface area contributed by atoms with E-state index in [9.17, 15) is 4.79 Å². The van der Waals surface area contributed by atoms with Crippen LogP contribution >= 0.6 is 0 Å². The zero-order valence-electron chi connectivity index (χ0n) is 17.8. The SMILES string of the molecule is C=CC.Cc1ccccc1Cn1c(=O)[nH]c2cnc(-n3cnc4cc(C#N)ccc43)nc21. The van der Waals surface area contributed by atoms with E-state index < -0.39 is 0 Å². The monoisotopic (exact) mass is 423 g/mol. The van der Waals surface area contributed by atoms with Gasteiger partial charge in [-0.15, -0.1) is 6.58 Å². The molecule has 5 rings (SSSR count). The van der Waals surface area contributed by atoms with Crippen LogP contribution < -0.4 is 5.69 Å². The van der Waals surface area contributed by atoms with Gasteiger partial charge in [-0.25, -0.2) is 14.8 Å². The van der Waals surface area contributed by atoms with E-state index in [1.165, 1.54) is 0 Å². The molecule has 0 aliphatic carbocycles. The van der Waals surface area contributed by atoms with Crippen LogP contribution in [0.25, 0.3) is 28.1 Å². The molecule has 1 N–H and O–H groups in total. The predicted octanol–water partition coefficient (Wildman–Crippen LogP) is 3.88. The van der Waals surface area contributed by atoms with Crippen molar-refractivity contribution < 1.29 is 0 Å². The standard InChI is InChI=1S/C21H15N7O.C3H6/c1-13-4-2-3-5-15(13)11-27-19-17(25-21(27)29)10-23-20(26-19)28-12-24-16-8-14(9-22)6-7-18(16)28;1-3-2/h2-8,10,12H,11H2,1H3,(H,25,29);3H,1H2,2H3. The maximum Gasteiger partial charge on any atom is 0.328 e. The molecule has 8 heteroatoms. The molecular formula is C24H21N7O. The summed E-state index contributed by atoms with van der Waals surface area (Å²) in [6, 6.07) is 15.3. The van der Waals surface area contributed by atoms with Gasteiger partial charge in [0.1, 0.15) is 11.8 Å². The van der Waals surface area contributed by atoms with Crippen molar-refractivity contribution in [3.05, 3.63) is 94.8 Å². The molecule has 0 spiro atoms. The molecule has 3 heterocycles. The fraction of sp³-hybridized carbons (Fsp3) is 0.125. The highest BCUT2D eigenvalue weighted by Gasteiger charge is 2.14. The minimum absolute atomic E-state index is 0.233. The van der Waals surface area contributed by atoms with Crippen LogP contribution in [-0.4, -0.2) is 29.1 Å². The Labute approximate surface area is 184 Å². The number of rotatable bonds is 3. The smallest absolute Gasteiger partial charge is 0.303 e. The van der Waals surface area contributed by atoms with Crippen LogP contribution in [0.2, 0.25) is 0 Å². The van der Waals surface area contributed by atoms with Gasteiger partial charge >= 0.3 is 5.69 Å². The molecule has 158 valence electrons. The van der Waals surface area contributed by atoms with Crippen molar-refractivity contribution in [3.63, 3.8) is 0 Å². The Morgan fingerprint density at radius 3 is 2.75 bits per heavy atom. The summed E-state index contributed by atoms with van der Waals surface area (Å²) in [7, 11) is 0. The zero-order chi connectivity index (χ0) is 22.7. The molecular weight excluding hydrogens is 402 g/mol. The number of H-pyrrole nitrogens is 1. The molecule has 0 saturated heterocycles. The second-order valence-corrected chi connectivity index (χ2v) is 7.19. The summed E-state index contributed by atoms with van der Waals surface area (Å²) in [6.07, 6.45) is 4.96. The van der Waals surface area contributed by atoms with E-state index in [0.29, 0.717) is 34.7 Å². The number of hydrogen-bond acceptors (Lipinski definition) is 5. The first-order chi connectivity index (χ1) is 15.5. The molecule has 0 saturated carbocycles. The topological polar surface area (TPSA) is 105 Å². The highest BCUT2D eigenvalue weighted by molar-refractivity contribution is 5.79. The van der Waals surface area contributed by atoms with E-state index in [4.69, 9.17) is 5.26 Å². The number of benzene rings is 2. The van der Waals surface area contributed by atoms with Gasteiger partial charge in [0.25, 0.3) is 0 Å². The van der Waals surface area contributed by atoms with E-state index in [2.05, 4.69) is 32.6 Å². The third-order valence-electron chi connectivity index (χ3n) is 4.98. The molecule has 0 aliphatic heterocycles. The number of aromatic nitrogens is 6. The number of imidazole rings is 2. The molecule has 3 aromatic heterocycles. The van der Waals surface area contributed by atoms with Gasteiger partial charge in [-0.1, -0.05) is 30.3 Å². The fourth-order valence-electron chi connectivity index (χ4n) is 3.40. The van der Waals surface area contributed by atoms with Gasteiger partial charge in [-0.3, -0.25) is 9.13 Å². The Morgan fingerprint density at radius 1 is 1.22 bits per heavy atom. The van der Waals surface area contributed by atoms with Gasteiger partial charge in [0.05, 0.1) is 35.4 Å². The van der Waals surface area contributed by atoms with Gasteiger partial charge in [0, 0.05) is 0 Å². The lowest BCUT2D eigenvalue weighted by molar-refractivity contribution is 0.770. The first-order valence-electron chi connectivity index (χ1n) is 10.0. The van der Waals surface area contributed by atoms with Crippen molar-refractivity contribution in [1.29, 1.82) is 5.26 Å². The summed E-state index contributed by atoms with van der Waals surface area (Å²) in [5.74, 6) is 0.405. The van der Waals surface area contributed by atoms with Crippen molar-refractivity contribution in [1.82, 2.24) is 29.1 Å². The molecule has 2 aromatic carbocycles. The molecule has 5 aromatic rings. The number of allylic oxidation sites excluding steroid dienone is 1. The summed E-state index contributed by atoms with van der Waals surface area (Å²) < 4.78 is 3.35. The highest BCUT2D eigenvalue weighted by atomic mass is 16.1. The van der Waals surface area contributed by atoms with Crippen LogP contribution in [0, 0.1) is 18.3 Å². The second-order valence-electron chi connectivity index (χ2n) is 7.19. The minimum Gasteiger partial charge on any atom is -0.303 e. The summed E-state index contributed by atoms with van der Waals surface area (Å²) in [5.41, 5.74) is 5.03. The summed E-state index contributed by atoms with van der Waals surface area (Å²) in [5, 5.41) is 9.07. The predicted molar refractivity (Wildman–Crippen MR) is 124 cm³/mol. The van der Waals surface area contributed by atoms with Crippen molar-refractivity contribution in [2.75, 3.05) is 0 Å². The lowest BCUT2D eigenvalue weighted by Gasteiger charge is -2.07. The van der Waals surface area contributed by atoms with Crippen molar-refractivity contribution in [2.45, 2.75) is 20.4 Å².